The van der Waals surface area contributed by atoms with E-state index in [1.54, 1.807) is 18.2 Å². The fraction of sp³-hybridized carbons (Fsp3) is 0.100. The minimum Gasteiger partial charge on any atom is -0.481 e. The molecule has 1 aromatic carbocycles. The van der Waals surface area contributed by atoms with Gasteiger partial charge in [-0.15, -0.1) is 0 Å². The van der Waals surface area contributed by atoms with E-state index >= 15 is 0 Å². The van der Waals surface area contributed by atoms with Gasteiger partial charge in [-0.3, -0.25) is 9.78 Å². The molecular formula is C10H7ClN2O2. The summed E-state index contributed by atoms with van der Waals surface area (Å²) in [6.45, 7) is 0. The fourth-order valence-electron chi connectivity index (χ4n) is 1.32. The summed E-state index contributed by atoms with van der Waals surface area (Å²) in [6.07, 6.45) is 1.43. The van der Waals surface area contributed by atoms with Crippen molar-refractivity contribution in [2.24, 2.45) is 0 Å². The molecule has 1 heterocycles. The van der Waals surface area contributed by atoms with E-state index in [9.17, 15) is 4.79 Å². The van der Waals surface area contributed by atoms with Gasteiger partial charge in [0.15, 0.2) is 0 Å². The highest BCUT2D eigenvalue weighted by molar-refractivity contribution is 6.29. The van der Waals surface area contributed by atoms with Gasteiger partial charge in [-0.25, -0.2) is 4.98 Å². The Labute approximate surface area is 90.5 Å². The van der Waals surface area contributed by atoms with Gasteiger partial charge >= 0.3 is 5.97 Å². The first kappa shape index (κ1) is 9.86. The van der Waals surface area contributed by atoms with Crippen LogP contribution in [0, 0.1) is 0 Å². The molecule has 0 atom stereocenters. The number of fused-ring (bicyclic) bond motifs is 1. The maximum absolute atomic E-state index is 10.5. The Hall–Kier alpha value is -1.68. The molecule has 0 radical (unpaired) electrons. The van der Waals surface area contributed by atoms with Gasteiger partial charge < -0.3 is 5.11 Å². The standard InChI is InChI=1S/C10H7ClN2O2/c11-9-5-12-8-3-6(4-10(14)15)1-2-7(8)13-9/h1-3,5H,4H2,(H,14,15). The molecular weight excluding hydrogens is 216 g/mol. The first-order valence-electron chi connectivity index (χ1n) is 4.28. The predicted molar refractivity (Wildman–Crippen MR) is 55.9 cm³/mol. The van der Waals surface area contributed by atoms with Crippen molar-refractivity contribution in [2.75, 3.05) is 0 Å². The second-order valence-electron chi connectivity index (χ2n) is 3.09. The molecule has 1 N–H and O–H groups in total. The van der Waals surface area contributed by atoms with E-state index in [0.717, 1.165) is 0 Å². The maximum atomic E-state index is 10.5. The van der Waals surface area contributed by atoms with Crippen LogP contribution in [0.4, 0.5) is 0 Å². The van der Waals surface area contributed by atoms with Crippen molar-refractivity contribution in [3.05, 3.63) is 35.1 Å². The lowest BCUT2D eigenvalue weighted by molar-refractivity contribution is -0.136. The van der Waals surface area contributed by atoms with Crippen LogP contribution in [0.1, 0.15) is 5.56 Å². The van der Waals surface area contributed by atoms with Gasteiger partial charge in [-0.2, -0.15) is 0 Å². The largest absolute Gasteiger partial charge is 0.481 e. The van der Waals surface area contributed by atoms with Gasteiger partial charge in [0.25, 0.3) is 0 Å². The van der Waals surface area contributed by atoms with Crippen molar-refractivity contribution in [3.63, 3.8) is 0 Å². The Balaban J connectivity index is 2.47. The van der Waals surface area contributed by atoms with E-state index in [2.05, 4.69) is 9.97 Å². The second-order valence-corrected chi connectivity index (χ2v) is 3.47. The van der Waals surface area contributed by atoms with Gasteiger partial charge in [0.05, 0.1) is 23.7 Å². The molecule has 5 heteroatoms. The average Bonchev–Trinajstić information content (AvgIpc) is 2.17. The number of hydrogen-bond acceptors (Lipinski definition) is 3. The molecule has 76 valence electrons. The summed E-state index contributed by atoms with van der Waals surface area (Å²) in [5, 5.41) is 8.95. The molecule has 2 aromatic rings. The molecule has 0 saturated heterocycles. The average molecular weight is 223 g/mol. The van der Waals surface area contributed by atoms with Crippen LogP contribution in [0.3, 0.4) is 0 Å². The topological polar surface area (TPSA) is 63.1 Å². The van der Waals surface area contributed by atoms with E-state index < -0.39 is 5.97 Å². The van der Waals surface area contributed by atoms with Gasteiger partial charge in [0, 0.05) is 0 Å². The van der Waals surface area contributed by atoms with Gasteiger partial charge in [-0.1, -0.05) is 17.7 Å². The Kier molecular flexibility index (Phi) is 2.51. The zero-order valence-corrected chi connectivity index (χ0v) is 8.40. The first-order chi connectivity index (χ1) is 7.15. The smallest absolute Gasteiger partial charge is 0.307 e. The first-order valence-corrected chi connectivity index (χ1v) is 4.66. The van der Waals surface area contributed by atoms with Crippen LogP contribution in [0.25, 0.3) is 11.0 Å². The third-order valence-electron chi connectivity index (χ3n) is 1.93. The minimum absolute atomic E-state index is 0.0136. The van der Waals surface area contributed by atoms with E-state index in [-0.39, 0.29) is 6.42 Å². The molecule has 0 amide bonds. The highest BCUT2D eigenvalue weighted by Gasteiger charge is 2.03. The lowest BCUT2D eigenvalue weighted by atomic mass is 10.1. The normalized spacial score (nSPS) is 10.5. The van der Waals surface area contributed by atoms with Crippen LogP contribution in [0.5, 0.6) is 0 Å². The summed E-state index contributed by atoms with van der Waals surface area (Å²) in [6, 6.07) is 5.13. The highest BCUT2D eigenvalue weighted by Crippen LogP contribution is 2.14. The van der Waals surface area contributed by atoms with Crippen LogP contribution in [0.15, 0.2) is 24.4 Å². The summed E-state index contributed by atoms with van der Waals surface area (Å²) in [7, 11) is 0. The van der Waals surface area contributed by atoms with Crippen molar-refractivity contribution in [1.29, 1.82) is 0 Å². The Morgan fingerprint density at radius 3 is 2.93 bits per heavy atom. The Morgan fingerprint density at radius 1 is 1.40 bits per heavy atom. The monoisotopic (exact) mass is 222 g/mol. The second kappa shape index (κ2) is 3.82. The lowest BCUT2D eigenvalue weighted by Gasteiger charge is -2.00. The van der Waals surface area contributed by atoms with Crippen LogP contribution in [0.2, 0.25) is 5.15 Å². The lowest BCUT2D eigenvalue weighted by Crippen LogP contribution is -2.00. The van der Waals surface area contributed by atoms with Crippen molar-refractivity contribution in [2.45, 2.75) is 6.42 Å². The summed E-state index contributed by atoms with van der Waals surface area (Å²) < 4.78 is 0. The number of nitrogens with zero attached hydrogens (tertiary/aromatic N) is 2. The number of rotatable bonds is 2. The van der Waals surface area contributed by atoms with E-state index in [4.69, 9.17) is 16.7 Å². The number of carboxylic acids is 1. The number of hydrogen-bond donors (Lipinski definition) is 1. The quantitative estimate of drug-likeness (QED) is 0.843. The van der Waals surface area contributed by atoms with Gasteiger partial charge in [-0.05, 0) is 17.7 Å². The van der Waals surface area contributed by atoms with Gasteiger partial charge in [0.1, 0.15) is 5.15 Å². The SMILES string of the molecule is O=C(O)Cc1ccc2nc(Cl)cnc2c1. The molecule has 15 heavy (non-hydrogen) atoms. The highest BCUT2D eigenvalue weighted by atomic mass is 35.5. The fourth-order valence-corrected chi connectivity index (χ4v) is 1.46. The van der Waals surface area contributed by atoms with Crippen molar-refractivity contribution >= 4 is 28.6 Å². The predicted octanol–water partition coefficient (Wildman–Crippen LogP) is 1.91. The molecule has 0 aliphatic carbocycles. The third-order valence-corrected chi connectivity index (χ3v) is 2.11. The number of carboxylic acid groups (broad SMARTS) is 1. The molecule has 0 unspecified atom stereocenters. The van der Waals surface area contributed by atoms with E-state index in [1.165, 1.54) is 6.20 Å². The van der Waals surface area contributed by atoms with Crippen LogP contribution in [-0.2, 0) is 11.2 Å². The summed E-state index contributed by atoms with van der Waals surface area (Å²) in [5.41, 5.74) is 2.02. The zero-order valence-electron chi connectivity index (χ0n) is 7.64. The minimum atomic E-state index is -0.865. The van der Waals surface area contributed by atoms with E-state index in [0.29, 0.717) is 21.7 Å². The maximum Gasteiger partial charge on any atom is 0.307 e. The van der Waals surface area contributed by atoms with E-state index in [1.807, 2.05) is 0 Å². The van der Waals surface area contributed by atoms with Crippen molar-refractivity contribution < 1.29 is 9.90 Å². The number of aromatic nitrogens is 2. The molecule has 0 spiro atoms. The molecule has 4 nitrogen and oxygen atoms in total. The van der Waals surface area contributed by atoms with Crippen LogP contribution >= 0.6 is 11.6 Å². The molecule has 1 aromatic heterocycles. The summed E-state index contributed by atoms with van der Waals surface area (Å²) >= 11 is 5.68. The van der Waals surface area contributed by atoms with Crippen LogP contribution < -0.4 is 0 Å². The summed E-state index contributed by atoms with van der Waals surface area (Å²) in [4.78, 5) is 18.6. The number of benzene rings is 1. The molecule has 2 rings (SSSR count). The molecule has 0 bridgehead atoms. The molecule has 0 fully saturated rings. The Bertz CT molecular complexity index is 528. The number of aliphatic carboxylic acids is 1. The Morgan fingerprint density at radius 2 is 2.20 bits per heavy atom. The van der Waals surface area contributed by atoms with Crippen molar-refractivity contribution in [1.82, 2.24) is 9.97 Å². The van der Waals surface area contributed by atoms with Crippen molar-refractivity contribution in [3.8, 4) is 0 Å². The van der Waals surface area contributed by atoms with Gasteiger partial charge in [0.2, 0.25) is 0 Å². The number of halogens is 1. The molecule has 0 aliphatic rings. The molecule has 0 saturated carbocycles. The summed E-state index contributed by atoms with van der Waals surface area (Å²) in [5.74, 6) is -0.865. The zero-order chi connectivity index (χ0) is 10.8. The van der Waals surface area contributed by atoms with Crippen LogP contribution in [-0.4, -0.2) is 21.0 Å². The third kappa shape index (κ3) is 2.22. The number of carbonyl (C=O) groups is 1. The molecule has 0 aliphatic heterocycles.